The molecule has 1 aliphatic heterocycles. The summed E-state index contributed by atoms with van der Waals surface area (Å²) in [5, 5.41) is 5.85. The van der Waals surface area contributed by atoms with Crippen molar-refractivity contribution in [1.29, 1.82) is 0 Å². The molecule has 1 atom stereocenters. The third-order valence-corrected chi connectivity index (χ3v) is 5.27. The minimum absolute atomic E-state index is 0.0340. The Morgan fingerprint density at radius 3 is 2.62 bits per heavy atom. The molecule has 1 heterocycles. The van der Waals surface area contributed by atoms with Crippen molar-refractivity contribution in [3.05, 3.63) is 59.7 Å². The zero-order valence-electron chi connectivity index (χ0n) is 17.1. The average Bonchev–Trinajstić information content (AvgIpc) is 2.75. The smallest absolute Gasteiger partial charge is 0.258 e. The second-order valence-electron chi connectivity index (χ2n) is 7.11. The molecule has 1 aliphatic rings. The summed E-state index contributed by atoms with van der Waals surface area (Å²) in [5.74, 6) is 0.522. The van der Waals surface area contributed by atoms with Crippen LogP contribution in [0.1, 0.15) is 37.4 Å². The number of ether oxygens (including phenoxy) is 1. The first-order valence-corrected chi connectivity index (χ1v) is 10.2. The molecule has 0 aromatic heterocycles. The summed E-state index contributed by atoms with van der Waals surface area (Å²) >= 11 is 0. The fraction of sp³-hybridized carbons (Fsp3) is 0.391. The lowest BCUT2D eigenvalue weighted by molar-refractivity contribution is -0.123. The van der Waals surface area contributed by atoms with Gasteiger partial charge in [-0.3, -0.25) is 14.5 Å². The second kappa shape index (κ2) is 10.1. The van der Waals surface area contributed by atoms with Gasteiger partial charge in [0.25, 0.3) is 5.91 Å². The van der Waals surface area contributed by atoms with Gasteiger partial charge in [0.15, 0.2) is 6.61 Å². The molecule has 0 radical (unpaired) electrons. The van der Waals surface area contributed by atoms with Crippen molar-refractivity contribution in [2.24, 2.45) is 0 Å². The van der Waals surface area contributed by atoms with Crippen molar-refractivity contribution >= 4 is 17.5 Å². The molecule has 2 amide bonds. The molecule has 0 saturated heterocycles. The van der Waals surface area contributed by atoms with Crippen LogP contribution in [0.3, 0.4) is 0 Å². The van der Waals surface area contributed by atoms with E-state index in [0.717, 1.165) is 24.3 Å². The summed E-state index contributed by atoms with van der Waals surface area (Å²) in [7, 11) is 0. The summed E-state index contributed by atoms with van der Waals surface area (Å²) < 4.78 is 5.67. The molecule has 3 rings (SSSR count). The third kappa shape index (κ3) is 5.57. The number of nitrogens with one attached hydrogen (secondary N) is 2. The number of rotatable bonds is 9. The summed E-state index contributed by atoms with van der Waals surface area (Å²) in [4.78, 5) is 26.1. The van der Waals surface area contributed by atoms with Gasteiger partial charge in [-0.2, -0.15) is 0 Å². The molecule has 0 saturated carbocycles. The van der Waals surface area contributed by atoms with Gasteiger partial charge in [-0.1, -0.05) is 44.2 Å². The Hall–Kier alpha value is -2.86. The van der Waals surface area contributed by atoms with Gasteiger partial charge in [-0.15, -0.1) is 0 Å². The summed E-state index contributed by atoms with van der Waals surface area (Å²) in [6.07, 6.45) is 1.16. The Bertz CT molecular complexity index is 835. The van der Waals surface area contributed by atoms with Crippen LogP contribution < -0.4 is 15.4 Å². The average molecular weight is 396 g/mol. The van der Waals surface area contributed by atoms with Crippen molar-refractivity contribution in [2.45, 2.75) is 32.7 Å². The van der Waals surface area contributed by atoms with Crippen molar-refractivity contribution < 1.29 is 14.3 Å². The molecule has 0 aliphatic carbocycles. The van der Waals surface area contributed by atoms with Crippen LogP contribution in [-0.4, -0.2) is 43.0 Å². The molecule has 1 unspecified atom stereocenters. The standard InChI is InChI=1S/C23H29N3O3/c1-3-26(4-2)21(17-8-6-5-7-9-17)15-24-23(28)16-29-19-11-12-20-18(14-19)10-13-22(27)25-20/h5-9,11-12,14,21H,3-4,10,13,15-16H2,1-2H3,(H,24,28)(H,25,27). The summed E-state index contributed by atoms with van der Waals surface area (Å²) in [6.45, 7) is 6.57. The number of hydrogen-bond acceptors (Lipinski definition) is 4. The van der Waals surface area contributed by atoms with Crippen LogP contribution in [0.5, 0.6) is 5.75 Å². The number of fused-ring (bicyclic) bond motifs is 1. The SMILES string of the molecule is CCN(CC)C(CNC(=O)COc1ccc2c(c1)CCC(=O)N2)c1ccccc1. The number of anilines is 1. The van der Waals surface area contributed by atoms with Crippen molar-refractivity contribution in [3.63, 3.8) is 0 Å². The first kappa shape index (κ1) is 20.9. The van der Waals surface area contributed by atoms with Gasteiger partial charge in [-0.05, 0) is 48.8 Å². The van der Waals surface area contributed by atoms with E-state index < -0.39 is 0 Å². The lowest BCUT2D eigenvalue weighted by Crippen LogP contribution is -2.39. The van der Waals surface area contributed by atoms with Gasteiger partial charge >= 0.3 is 0 Å². The molecule has 0 spiro atoms. The van der Waals surface area contributed by atoms with E-state index in [1.807, 2.05) is 30.3 Å². The molecule has 2 aromatic carbocycles. The van der Waals surface area contributed by atoms with E-state index in [0.29, 0.717) is 25.1 Å². The molecule has 154 valence electrons. The minimum atomic E-state index is -0.149. The first-order chi connectivity index (χ1) is 14.1. The van der Waals surface area contributed by atoms with E-state index in [1.54, 1.807) is 6.07 Å². The van der Waals surface area contributed by atoms with Crippen LogP contribution in [-0.2, 0) is 16.0 Å². The van der Waals surface area contributed by atoms with Gasteiger partial charge in [0.2, 0.25) is 5.91 Å². The molecule has 0 fully saturated rings. The van der Waals surface area contributed by atoms with E-state index >= 15 is 0 Å². The highest BCUT2D eigenvalue weighted by Gasteiger charge is 2.19. The second-order valence-corrected chi connectivity index (χ2v) is 7.11. The predicted octanol–water partition coefficient (Wildman–Crippen LogP) is 3.15. The topological polar surface area (TPSA) is 70.7 Å². The number of nitrogens with zero attached hydrogens (tertiary/aromatic N) is 1. The lowest BCUT2D eigenvalue weighted by Gasteiger charge is -2.30. The molecule has 29 heavy (non-hydrogen) atoms. The fourth-order valence-electron chi connectivity index (χ4n) is 3.66. The van der Waals surface area contributed by atoms with Gasteiger partial charge < -0.3 is 15.4 Å². The molecule has 2 aromatic rings. The number of hydrogen-bond donors (Lipinski definition) is 2. The number of amides is 2. The number of likely N-dealkylation sites (N-methyl/N-ethyl adjacent to an activating group) is 1. The van der Waals surface area contributed by atoms with Crippen LogP contribution >= 0.6 is 0 Å². The Labute approximate surface area is 172 Å². The van der Waals surface area contributed by atoms with Crippen LogP contribution in [0.2, 0.25) is 0 Å². The maximum Gasteiger partial charge on any atom is 0.258 e. The molecule has 6 heteroatoms. The van der Waals surface area contributed by atoms with Gasteiger partial charge in [0.1, 0.15) is 5.75 Å². The zero-order valence-corrected chi connectivity index (χ0v) is 17.1. The third-order valence-electron chi connectivity index (χ3n) is 5.27. The van der Waals surface area contributed by atoms with Gasteiger partial charge in [0.05, 0.1) is 6.04 Å². The van der Waals surface area contributed by atoms with Crippen molar-refractivity contribution in [2.75, 3.05) is 31.6 Å². The van der Waals surface area contributed by atoms with E-state index in [1.165, 1.54) is 5.56 Å². The van der Waals surface area contributed by atoms with Crippen LogP contribution in [0, 0.1) is 0 Å². The fourth-order valence-corrected chi connectivity index (χ4v) is 3.66. The molecule has 0 bridgehead atoms. The van der Waals surface area contributed by atoms with E-state index in [-0.39, 0.29) is 24.5 Å². The number of carbonyl (C=O) groups is 2. The summed E-state index contributed by atoms with van der Waals surface area (Å²) in [6, 6.07) is 15.9. The Balaban J connectivity index is 1.55. The zero-order chi connectivity index (χ0) is 20.6. The number of benzene rings is 2. The highest BCUT2D eigenvalue weighted by Crippen LogP contribution is 2.26. The normalized spacial score (nSPS) is 14.1. The maximum absolute atomic E-state index is 12.4. The Morgan fingerprint density at radius 1 is 1.14 bits per heavy atom. The maximum atomic E-state index is 12.4. The van der Waals surface area contributed by atoms with E-state index in [2.05, 4.69) is 41.5 Å². The van der Waals surface area contributed by atoms with E-state index in [9.17, 15) is 9.59 Å². The largest absolute Gasteiger partial charge is 0.484 e. The number of aryl methyl sites for hydroxylation is 1. The number of carbonyl (C=O) groups excluding carboxylic acids is 2. The highest BCUT2D eigenvalue weighted by atomic mass is 16.5. The molecule has 6 nitrogen and oxygen atoms in total. The van der Waals surface area contributed by atoms with E-state index in [4.69, 9.17) is 4.74 Å². The highest BCUT2D eigenvalue weighted by molar-refractivity contribution is 5.94. The van der Waals surface area contributed by atoms with Crippen molar-refractivity contribution in [3.8, 4) is 5.75 Å². The van der Waals surface area contributed by atoms with Gasteiger partial charge in [0, 0.05) is 18.7 Å². The van der Waals surface area contributed by atoms with Crippen molar-refractivity contribution in [1.82, 2.24) is 10.2 Å². The lowest BCUT2D eigenvalue weighted by atomic mass is 10.0. The first-order valence-electron chi connectivity index (χ1n) is 10.2. The monoisotopic (exact) mass is 395 g/mol. The van der Waals surface area contributed by atoms with Crippen LogP contribution in [0.15, 0.2) is 48.5 Å². The van der Waals surface area contributed by atoms with Gasteiger partial charge in [-0.25, -0.2) is 0 Å². The quantitative estimate of drug-likeness (QED) is 0.684. The Morgan fingerprint density at radius 2 is 1.90 bits per heavy atom. The minimum Gasteiger partial charge on any atom is -0.484 e. The molecular weight excluding hydrogens is 366 g/mol. The van der Waals surface area contributed by atoms with Crippen LogP contribution in [0.4, 0.5) is 5.69 Å². The predicted molar refractivity (Wildman–Crippen MR) is 114 cm³/mol. The molecular formula is C23H29N3O3. The Kier molecular flexibility index (Phi) is 7.25. The summed E-state index contributed by atoms with van der Waals surface area (Å²) in [5.41, 5.74) is 3.05. The molecule has 2 N–H and O–H groups in total. The van der Waals surface area contributed by atoms with Crippen LogP contribution in [0.25, 0.3) is 0 Å².